The number of hydrogen-bond donors (Lipinski definition) is 1. The Morgan fingerprint density at radius 2 is 1.90 bits per heavy atom. The van der Waals surface area contributed by atoms with Crippen LogP contribution < -0.4 is 5.32 Å². The standard InChI is InChI=1S/C14H26N2O4/c1-6-7-8-11(12(17)19-5)15-9-10-16-13(18)20-14(2,3)4/h6-10H2,1-5H3,(H,16,18). The van der Waals surface area contributed by atoms with Crippen LogP contribution in [0.3, 0.4) is 0 Å². The lowest BCUT2D eigenvalue weighted by Crippen LogP contribution is -2.34. The van der Waals surface area contributed by atoms with Gasteiger partial charge in [-0.25, -0.2) is 9.59 Å². The number of aliphatic imine (C=N–C) groups is 1. The van der Waals surface area contributed by atoms with E-state index in [4.69, 9.17) is 4.74 Å². The van der Waals surface area contributed by atoms with Crippen molar-refractivity contribution in [2.45, 2.75) is 52.6 Å². The number of rotatable bonds is 7. The van der Waals surface area contributed by atoms with Crippen molar-refractivity contribution in [3.05, 3.63) is 0 Å². The zero-order valence-corrected chi connectivity index (χ0v) is 13.1. The van der Waals surface area contributed by atoms with E-state index in [-0.39, 0.29) is 0 Å². The van der Waals surface area contributed by atoms with Crippen LogP contribution in [-0.4, -0.2) is 43.6 Å². The average molecular weight is 286 g/mol. The molecule has 116 valence electrons. The van der Waals surface area contributed by atoms with E-state index < -0.39 is 17.7 Å². The molecule has 1 amide bonds. The molecular formula is C14H26N2O4. The maximum Gasteiger partial charge on any atom is 0.407 e. The van der Waals surface area contributed by atoms with Gasteiger partial charge in [0, 0.05) is 6.54 Å². The van der Waals surface area contributed by atoms with Crippen molar-refractivity contribution in [3.8, 4) is 0 Å². The number of methoxy groups -OCH3 is 1. The number of carbonyl (C=O) groups excluding carboxylic acids is 2. The smallest absolute Gasteiger partial charge is 0.407 e. The Morgan fingerprint density at radius 3 is 2.40 bits per heavy atom. The van der Waals surface area contributed by atoms with Gasteiger partial charge in [0.2, 0.25) is 0 Å². The highest BCUT2D eigenvalue weighted by Crippen LogP contribution is 2.06. The number of ether oxygens (including phenoxy) is 2. The molecule has 0 aromatic carbocycles. The van der Waals surface area contributed by atoms with Crippen molar-refractivity contribution in [3.63, 3.8) is 0 Å². The quantitative estimate of drug-likeness (QED) is 0.442. The summed E-state index contributed by atoms with van der Waals surface area (Å²) in [6.07, 6.45) is 1.97. The second-order valence-corrected chi connectivity index (χ2v) is 5.35. The maximum absolute atomic E-state index is 11.5. The first-order valence-corrected chi connectivity index (χ1v) is 6.88. The lowest BCUT2D eigenvalue weighted by Gasteiger charge is -2.19. The first-order chi connectivity index (χ1) is 9.30. The van der Waals surface area contributed by atoms with Gasteiger partial charge in [0.1, 0.15) is 11.3 Å². The Morgan fingerprint density at radius 1 is 1.25 bits per heavy atom. The van der Waals surface area contributed by atoms with E-state index in [1.165, 1.54) is 7.11 Å². The Bertz CT molecular complexity index is 346. The van der Waals surface area contributed by atoms with Gasteiger partial charge in [-0.3, -0.25) is 4.99 Å². The third-order valence-electron chi connectivity index (χ3n) is 2.27. The van der Waals surface area contributed by atoms with Gasteiger partial charge in [-0.05, 0) is 33.6 Å². The second-order valence-electron chi connectivity index (χ2n) is 5.35. The van der Waals surface area contributed by atoms with Gasteiger partial charge >= 0.3 is 12.1 Å². The van der Waals surface area contributed by atoms with E-state index in [0.29, 0.717) is 25.2 Å². The molecule has 0 aliphatic rings. The monoisotopic (exact) mass is 286 g/mol. The van der Waals surface area contributed by atoms with Crippen molar-refractivity contribution in [1.29, 1.82) is 0 Å². The number of esters is 1. The molecule has 6 heteroatoms. The summed E-state index contributed by atoms with van der Waals surface area (Å²) in [5, 5.41) is 2.59. The van der Waals surface area contributed by atoms with E-state index >= 15 is 0 Å². The Labute approximate surface area is 120 Å². The molecule has 1 N–H and O–H groups in total. The van der Waals surface area contributed by atoms with E-state index in [1.54, 1.807) is 20.8 Å². The van der Waals surface area contributed by atoms with E-state index in [9.17, 15) is 9.59 Å². The molecule has 0 radical (unpaired) electrons. The van der Waals surface area contributed by atoms with Crippen LogP contribution in [0.4, 0.5) is 4.79 Å². The van der Waals surface area contributed by atoms with Crippen LogP contribution in [0.2, 0.25) is 0 Å². The van der Waals surface area contributed by atoms with Crippen LogP contribution in [0.1, 0.15) is 47.0 Å². The molecule has 20 heavy (non-hydrogen) atoms. The summed E-state index contributed by atoms with van der Waals surface area (Å²) >= 11 is 0. The summed E-state index contributed by atoms with van der Waals surface area (Å²) in [5.41, 5.74) is -0.105. The van der Waals surface area contributed by atoms with Crippen LogP contribution in [-0.2, 0) is 14.3 Å². The van der Waals surface area contributed by atoms with Gasteiger partial charge in [0.05, 0.1) is 13.7 Å². The molecule has 0 heterocycles. The van der Waals surface area contributed by atoms with Crippen molar-refractivity contribution in [1.82, 2.24) is 5.32 Å². The molecule has 0 aromatic heterocycles. The highest BCUT2D eigenvalue weighted by molar-refractivity contribution is 6.36. The number of nitrogens with zero attached hydrogens (tertiary/aromatic N) is 1. The molecule has 0 rings (SSSR count). The third kappa shape index (κ3) is 9.35. The van der Waals surface area contributed by atoms with Crippen molar-refractivity contribution in [2.75, 3.05) is 20.2 Å². The van der Waals surface area contributed by atoms with Gasteiger partial charge in [-0.15, -0.1) is 0 Å². The predicted molar refractivity (Wildman–Crippen MR) is 78.1 cm³/mol. The van der Waals surface area contributed by atoms with Gasteiger partial charge in [0.15, 0.2) is 0 Å². The fourth-order valence-corrected chi connectivity index (χ4v) is 1.37. The highest BCUT2D eigenvalue weighted by atomic mass is 16.6. The number of amides is 1. The minimum Gasteiger partial charge on any atom is -0.465 e. The SMILES string of the molecule is CCCCC(=NCCNC(=O)OC(C)(C)C)C(=O)OC. The molecule has 0 aliphatic carbocycles. The van der Waals surface area contributed by atoms with Crippen LogP contribution >= 0.6 is 0 Å². The van der Waals surface area contributed by atoms with Crippen molar-refractivity contribution >= 4 is 17.8 Å². The van der Waals surface area contributed by atoms with Gasteiger partial charge in [-0.2, -0.15) is 0 Å². The molecule has 0 bridgehead atoms. The van der Waals surface area contributed by atoms with Crippen LogP contribution in [0.25, 0.3) is 0 Å². The van der Waals surface area contributed by atoms with Crippen LogP contribution in [0.15, 0.2) is 4.99 Å². The first-order valence-electron chi connectivity index (χ1n) is 6.88. The average Bonchev–Trinajstić information content (AvgIpc) is 2.35. The fraction of sp³-hybridized carbons (Fsp3) is 0.786. The summed E-state index contributed by atoms with van der Waals surface area (Å²) < 4.78 is 9.76. The molecule has 0 fully saturated rings. The summed E-state index contributed by atoms with van der Waals surface area (Å²) in [5.74, 6) is -0.407. The zero-order chi connectivity index (χ0) is 15.6. The molecule has 0 aromatic rings. The summed E-state index contributed by atoms with van der Waals surface area (Å²) in [4.78, 5) is 27.0. The number of carbonyl (C=O) groups is 2. The third-order valence-corrected chi connectivity index (χ3v) is 2.27. The maximum atomic E-state index is 11.5. The number of alkyl carbamates (subject to hydrolysis) is 1. The van der Waals surface area contributed by atoms with Gasteiger partial charge < -0.3 is 14.8 Å². The predicted octanol–water partition coefficient (Wildman–Crippen LogP) is 2.32. The summed E-state index contributed by atoms with van der Waals surface area (Å²) in [6.45, 7) is 8.08. The second kappa shape index (κ2) is 9.34. The molecule has 0 saturated heterocycles. The van der Waals surface area contributed by atoms with E-state index in [1.807, 2.05) is 6.92 Å². The Balaban J connectivity index is 4.17. The van der Waals surface area contributed by atoms with Crippen LogP contribution in [0, 0.1) is 0 Å². The first kappa shape index (κ1) is 18.4. The largest absolute Gasteiger partial charge is 0.465 e. The lowest BCUT2D eigenvalue weighted by molar-refractivity contribution is -0.132. The summed E-state index contributed by atoms with van der Waals surface area (Å²) in [6, 6.07) is 0. The minimum absolute atomic E-state index is 0.321. The van der Waals surface area contributed by atoms with Gasteiger partial charge in [-0.1, -0.05) is 13.3 Å². The Kier molecular flexibility index (Phi) is 8.59. The zero-order valence-electron chi connectivity index (χ0n) is 13.1. The molecule has 0 aliphatic heterocycles. The number of hydrogen-bond acceptors (Lipinski definition) is 5. The molecule has 6 nitrogen and oxygen atoms in total. The molecule has 0 spiro atoms. The molecule has 0 unspecified atom stereocenters. The van der Waals surface area contributed by atoms with E-state index in [2.05, 4.69) is 15.0 Å². The number of unbranched alkanes of at least 4 members (excludes halogenated alkanes) is 1. The summed E-state index contributed by atoms with van der Waals surface area (Å²) in [7, 11) is 1.34. The highest BCUT2D eigenvalue weighted by Gasteiger charge is 2.15. The molecular weight excluding hydrogens is 260 g/mol. The lowest BCUT2D eigenvalue weighted by atomic mass is 10.2. The van der Waals surface area contributed by atoms with Crippen molar-refractivity contribution < 1.29 is 19.1 Å². The van der Waals surface area contributed by atoms with Crippen molar-refractivity contribution in [2.24, 2.45) is 4.99 Å². The topological polar surface area (TPSA) is 77.0 Å². The van der Waals surface area contributed by atoms with Gasteiger partial charge in [0.25, 0.3) is 0 Å². The number of nitrogens with one attached hydrogen (secondary N) is 1. The normalized spacial score (nSPS) is 11.9. The van der Waals surface area contributed by atoms with Crippen LogP contribution in [0.5, 0.6) is 0 Å². The minimum atomic E-state index is -0.522. The fourth-order valence-electron chi connectivity index (χ4n) is 1.37. The molecule has 0 atom stereocenters. The molecule has 0 saturated carbocycles. The Hall–Kier alpha value is -1.59. The van der Waals surface area contributed by atoms with E-state index in [0.717, 1.165) is 12.8 Å².